The Bertz CT molecular complexity index is 1480. The number of carbonyl (C=O) groups is 2. The monoisotopic (exact) mass is 605 g/mol. The van der Waals surface area contributed by atoms with Crippen LogP contribution in [0.4, 0.5) is 0 Å². The van der Waals surface area contributed by atoms with Crippen molar-refractivity contribution in [2.24, 2.45) is 0 Å². The second kappa shape index (κ2) is 11.8. The zero-order chi connectivity index (χ0) is 25.5. The molecule has 0 atom stereocenters. The molecule has 0 radical (unpaired) electrons. The minimum absolute atomic E-state index is 0.0693. The smallest absolute Gasteiger partial charge is 0.255 e. The van der Waals surface area contributed by atoms with Gasteiger partial charge in [0.05, 0.1) is 30.4 Å². The molecule has 1 aliphatic rings. The molecule has 0 unspecified atom stereocenters. The molecule has 9 nitrogen and oxygen atoms in total. The molecule has 0 spiro atoms. The zero-order valence-electron chi connectivity index (χ0n) is 18.8. The standard InChI is InChI=1S/C10H8BrNO2.C10H9NO2.C4H4BrNO2/c1-14-6-2-3-7-8(4-6)9(11)5-12-10(7)13;1-13-8-2-3-9-7(6-8)4-5-11-10(9)12;5-6-3(7)1-2-4(6)8/h2-5H,1H3,(H,12,13);2-6H,1H3,(H,11,12);1-2H2. The Hall–Kier alpha value is -3.44. The first-order valence-corrected chi connectivity index (χ1v) is 11.8. The van der Waals surface area contributed by atoms with Gasteiger partial charge in [-0.05, 0) is 63.8 Å². The van der Waals surface area contributed by atoms with E-state index in [1.54, 1.807) is 50.9 Å². The van der Waals surface area contributed by atoms with Crippen molar-refractivity contribution < 1.29 is 19.1 Å². The number of amides is 2. The van der Waals surface area contributed by atoms with Crippen LogP contribution in [0.1, 0.15) is 12.8 Å². The highest BCUT2D eigenvalue weighted by atomic mass is 79.9. The second-order valence-corrected chi connectivity index (χ2v) is 8.77. The van der Waals surface area contributed by atoms with Gasteiger partial charge in [0.15, 0.2) is 0 Å². The van der Waals surface area contributed by atoms with Crippen molar-refractivity contribution >= 4 is 65.4 Å². The lowest BCUT2D eigenvalue weighted by Gasteiger charge is -2.02. The number of hydrogen-bond acceptors (Lipinski definition) is 6. The van der Waals surface area contributed by atoms with Crippen molar-refractivity contribution in [3.05, 3.63) is 80.0 Å². The molecule has 2 N–H and O–H groups in total. The number of rotatable bonds is 2. The lowest BCUT2D eigenvalue weighted by atomic mass is 10.2. The number of aromatic amines is 2. The van der Waals surface area contributed by atoms with E-state index in [-0.39, 0.29) is 22.9 Å². The summed E-state index contributed by atoms with van der Waals surface area (Å²) >= 11 is 6.17. The molecule has 0 aliphatic carbocycles. The van der Waals surface area contributed by atoms with Crippen molar-refractivity contribution in [1.29, 1.82) is 0 Å². The highest BCUT2D eigenvalue weighted by molar-refractivity contribution is 9.10. The fourth-order valence-corrected chi connectivity index (χ4v) is 3.97. The number of hydrogen-bond donors (Lipinski definition) is 2. The lowest BCUT2D eigenvalue weighted by molar-refractivity contribution is -0.131. The number of aromatic nitrogens is 2. The Morgan fingerprint density at radius 1 is 0.771 bits per heavy atom. The number of carbonyl (C=O) groups excluding carboxylic acids is 2. The second-order valence-electron chi connectivity index (χ2n) is 7.21. The Morgan fingerprint density at radius 2 is 1.34 bits per heavy atom. The maximum absolute atomic E-state index is 11.4. The van der Waals surface area contributed by atoms with Gasteiger partial charge >= 0.3 is 0 Å². The van der Waals surface area contributed by atoms with Crippen LogP contribution in [0, 0.1) is 0 Å². The third kappa shape index (κ3) is 6.37. The van der Waals surface area contributed by atoms with Gasteiger partial charge in [0.2, 0.25) is 11.8 Å². The number of nitrogens with one attached hydrogen (secondary N) is 2. The van der Waals surface area contributed by atoms with Crippen LogP contribution in [-0.4, -0.2) is 39.9 Å². The van der Waals surface area contributed by atoms with Crippen LogP contribution < -0.4 is 20.6 Å². The molecule has 2 aromatic carbocycles. The van der Waals surface area contributed by atoms with Gasteiger partial charge in [-0.3, -0.25) is 19.2 Å². The summed E-state index contributed by atoms with van der Waals surface area (Å²) in [5.41, 5.74) is -0.161. The van der Waals surface area contributed by atoms with E-state index in [0.717, 1.165) is 30.7 Å². The van der Waals surface area contributed by atoms with Crippen LogP contribution in [0.2, 0.25) is 0 Å². The first-order chi connectivity index (χ1) is 16.7. The summed E-state index contributed by atoms with van der Waals surface area (Å²) in [6, 6.07) is 12.6. The summed E-state index contributed by atoms with van der Waals surface area (Å²) in [6.07, 6.45) is 3.96. The summed E-state index contributed by atoms with van der Waals surface area (Å²) in [7, 11) is 3.20. The molecule has 2 aromatic heterocycles. The molecular formula is C24H21Br2N3O6. The first kappa shape index (κ1) is 26.2. The third-order valence-corrected chi connectivity index (χ3v) is 6.48. The molecule has 1 aliphatic heterocycles. The first-order valence-electron chi connectivity index (χ1n) is 10.3. The van der Waals surface area contributed by atoms with E-state index in [1.807, 2.05) is 18.2 Å². The van der Waals surface area contributed by atoms with Crippen LogP contribution >= 0.6 is 32.1 Å². The average molecular weight is 607 g/mol. The fraction of sp³-hybridized carbons (Fsp3) is 0.167. The van der Waals surface area contributed by atoms with Crippen LogP contribution in [0.25, 0.3) is 21.5 Å². The molecule has 182 valence electrons. The van der Waals surface area contributed by atoms with Crippen molar-refractivity contribution in [1.82, 2.24) is 13.9 Å². The van der Waals surface area contributed by atoms with Crippen molar-refractivity contribution in [2.75, 3.05) is 14.2 Å². The molecule has 0 bridgehead atoms. The van der Waals surface area contributed by atoms with Crippen LogP contribution in [0.3, 0.4) is 0 Å². The Morgan fingerprint density at radius 3 is 1.91 bits per heavy atom. The number of H-pyrrole nitrogens is 2. The topological polar surface area (TPSA) is 122 Å². The van der Waals surface area contributed by atoms with E-state index in [0.29, 0.717) is 23.6 Å². The Labute approximate surface area is 216 Å². The number of imide groups is 1. The third-order valence-electron chi connectivity index (χ3n) is 5.03. The fourth-order valence-electron chi connectivity index (χ4n) is 3.18. The number of fused-ring (bicyclic) bond motifs is 2. The highest BCUT2D eigenvalue weighted by Gasteiger charge is 2.26. The summed E-state index contributed by atoms with van der Waals surface area (Å²) in [5.74, 6) is 1.21. The van der Waals surface area contributed by atoms with Gasteiger partial charge in [-0.15, -0.1) is 0 Å². The Balaban J connectivity index is 0.000000152. The molecule has 35 heavy (non-hydrogen) atoms. The van der Waals surface area contributed by atoms with Gasteiger partial charge in [0.1, 0.15) is 11.5 Å². The maximum atomic E-state index is 11.4. The molecule has 0 saturated carbocycles. The van der Waals surface area contributed by atoms with E-state index in [2.05, 4.69) is 42.0 Å². The van der Waals surface area contributed by atoms with Crippen molar-refractivity contribution in [2.45, 2.75) is 12.8 Å². The number of methoxy groups -OCH3 is 2. The van der Waals surface area contributed by atoms with E-state index in [1.165, 1.54) is 0 Å². The quantitative estimate of drug-likeness (QED) is 0.259. The normalized spacial score (nSPS) is 12.6. The molecule has 11 heteroatoms. The van der Waals surface area contributed by atoms with E-state index in [9.17, 15) is 19.2 Å². The summed E-state index contributed by atoms with van der Waals surface area (Å²) in [4.78, 5) is 48.8. The van der Waals surface area contributed by atoms with Gasteiger partial charge < -0.3 is 19.4 Å². The van der Waals surface area contributed by atoms with E-state index >= 15 is 0 Å². The molecule has 3 heterocycles. The number of nitrogens with zero attached hydrogens (tertiary/aromatic N) is 1. The summed E-state index contributed by atoms with van der Waals surface area (Å²) in [6.45, 7) is 0. The van der Waals surface area contributed by atoms with Gasteiger partial charge in [0.25, 0.3) is 11.1 Å². The molecule has 1 fully saturated rings. The van der Waals surface area contributed by atoms with Crippen LogP contribution in [0.5, 0.6) is 11.5 Å². The van der Waals surface area contributed by atoms with Gasteiger partial charge in [-0.25, -0.2) is 3.93 Å². The molecule has 4 aromatic rings. The van der Waals surface area contributed by atoms with Crippen LogP contribution in [0.15, 0.2) is 68.9 Å². The predicted molar refractivity (Wildman–Crippen MR) is 140 cm³/mol. The number of halogens is 2. The maximum Gasteiger partial charge on any atom is 0.255 e. The zero-order valence-corrected chi connectivity index (χ0v) is 21.9. The SMILES string of the molecule is COc1ccc2c(=O)[nH]cc(Br)c2c1.COc1ccc2c(=O)[nH]ccc2c1.O=C1CCC(=O)N1Br. The molecule has 2 amide bonds. The minimum atomic E-state index is -0.144. The number of ether oxygens (including phenoxy) is 2. The summed E-state index contributed by atoms with van der Waals surface area (Å²) in [5, 5.41) is 3.08. The molecular weight excluding hydrogens is 586 g/mol. The van der Waals surface area contributed by atoms with Crippen LogP contribution in [-0.2, 0) is 9.59 Å². The number of pyridine rings is 2. The van der Waals surface area contributed by atoms with Gasteiger partial charge in [-0.2, -0.15) is 0 Å². The minimum Gasteiger partial charge on any atom is -0.497 e. The predicted octanol–water partition coefficient (Wildman–Crippen LogP) is 4.28. The molecule has 5 rings (SSSR count). The lowest BCUT2D eigenvalue weighted by Crippen LogP contribution is -2.16. The largest absolute Gasteiger partial charge is 0.497 e. The Kier molecular flexibility index (Phi) is 8.83. The van der Waals surface area contributed by atoms with Gasteiger partial charge in [-0.1, -0.05) is 0 Å². The van der Waals surface area contributed by atoms with Gasteiger partial charge in [0, 0.05) is 45.9 Å². The van der Waals surface area contributed by atoms with Crippen molar-refractivity contribution in [3.63, 3.8) is 0 Å². The average Bonchev–Trinajstić information content (AvgIpc) is 3.17. The van der Waals surface area contributed by atoms with E-state index < -0.39 is 0 Å². The molecule has 1 saturated heterocycles. The number of benzene rings is 2. The van der Waals surface area contributed by atoms with E-state index in [4.69, 9.17) is 9.47 Å². The highest BCUT2D eigenvalue weighted by Crippen LogP contribution is 2.24. The van der Waals surface area contributed by atoms with Crippen molar-refractivity contribution in [3.8, 4) is 11.5 Å². The summed E-state index contributed by atoms with van der Waals surface area (Å²) < 4.78 is 12.0.